The molecule has 0 radical (unpaired) electrons. The van der Waals surface area contributed by atoms with Crippen molar-refractivity contribution >= 4 is 60.8 Å². The van der Waals surface area contributed by atoms with E-state index in [1.165, 1.54) is 11.8 Å². The fraction of sp³-hybridized carbons (Fsp3) is 0.235. The van der Waals surface area contributed by atoms with Crippen LogP contribution in [0.3, 0.4) is 0 Å². The van der Waals surface area contributed by atoms with Crippen LogP contribution in [0.25, 0.3) is 21.0 Å². The highest BCUT2D eigenvalue weighted by molar-refractivity contribution is 8.15. The lowest BCUT2D eigenvalue weighted by Crippen LogP contribution is -2.17. The number of rotatable bonds is 2. The smallest absolute Gasteiger partial charge is 0.329 e. The van der Waals surface area contributed by atoms with E-state index in [9.17, 15) is 4.79 Å². The molecule has 1 aliphatic heterocycles. The number of hydrogen-bond acceptors (Lipinski definition) is 6. The van der Waals surface area contributed by atoms with Crippen LogP contribution >= 0.6 is 23.1 Å². The topological polar surface area (TPSA) is 88.6 Å². The predicted molar refractivity (Wildman–Crippen MR) is 103 cm³/mol. The van der Waals surface area contributed by atoms with Crippen molar-refractivity contribution in [3.63, 3.8) is 0 Å². The van der Waals surface area contributed by atoms with E-state index in [0.717, 1.165) is 36.7 Å². The number of carboxylic acid groups (broad SMARTS) is 1. The van der Waals surface area contributed by atoms with E-state index >= 15 is 0 Å². The lowest BCUT2D eigenvalue weighted by Gasteiger charge is -1.99. The van der Waals surface area contributed by atoms with Gasteiger partial charge in [0.05, 0.1) is 10.2 Å². The van der Waals surface area contributed by atoms with Crippen LogP contribution in [-0.2, 0) is 4.79 Å². The summed E-state index contributed by atoms with van der Waals surface area (Å²) >= 11 is 3.00. The van der Waals surface area contributed by atoms with E-state index in [-0.39, 0.29) is 0 Å². The Kier molecular flexibility index (Phi) is 4.73. The molecule has 2 heterocycles. The van der Waals surface area contributed by atoms with Gasteiger partial charge in [-0.05, 0) is 23.6 Å². The van der Waals surface area contributed by atoms with Gasteiger partial charge in [-0.2, -0.15) is 0 Å². The maximum Gasteiger partial charge on any atom is 0.329 e. The first kappa shape index (κ1) is 16.7. The summed E-state index contributed by atoms with van der Waals surface area (Å²) < 4.78 is 1.08. The van der Waals surface area contributed by atoms with Crippen LogP contribution in [0, 0.1) is 0 Å². The molecule has 1 aliphatic rings. The first-order valence-corrected chi connectivity index (χ1v) is 9.44. The maximum absolute atomic E-state index is 11.0. The molecular weight excluding hydrogens is 342 g/mol. The molecule has 2 aromatic carbocycles. The van der Waals surface area contributed by atoms with Crippen LogP contribution in [-0.4, -0.2) is 32.9 Å². The average molecular weight is 359 g/mol. The minimum absolute atomic E-state index is 0.470. The van der Waals surface area contributed by atoms with Gasteiger partial charge in [-0.1, -0.05) is 26.0 Å². The summed E-state index contributed by atoms with van der Waals surface area (Å²) in [5, 5.41) is 12.7. The second-order valence-corrected chi connectivity index (χ2v) is 7.02. The average Bonchev–Trinajstić information content (AvgIpc) is 3.23. The molecule has 0 aliphatic carbocycles. The molecule has 124 valence electrons. The fourth-order valence-corrected chi connectivity index (χ4v) is 4.64. The van der Waals surface area contributed by atoms with Crippen LogP contribution in [0.4, 0.5) is 5.69 Å². The van der Waals surface area contributed by atoms with E-state index in [4.69, 9.17) is 10.8 Å². The Hall–Kier alpha value is -2.12. The van der Waals surface area contributed by atoms with Crippen molar-refractivity contribution in [2.24, 2.45) is 4.99 Å². The molecule has 0 spiro atoms. The number of thioether (sulfide) groups is 1. The number of thiazole rings is 1. The van der Waals surface area contributed by atoms with E-state index in [1.807, 2.05) is 44.2 Å². The Morgan fingerprint density at radius 3 is 2.79 bits per heavy atom. The number of fused-ring (bicyclic) bond motifs is 3. The van der Waals surface area contributed by atoms with Crippen LogP contribution in [0.1, 0.15) is 18.9 Å². The number of nitrogens with two attached hydrogens (primary N) is 1. The molecule has 1 aromatic heterocycles. The van der Waals surface area contributed by atoms with Crippen LogP contribution < -0.4 is 5.73 Å². The van der Waals surface area contributed by atoms with Gasteiger partial charge in [0.1, 0.15) is 10.1 Å². The quantitative estimate of drug-likeness (QED) is 0.675. The normalized spacial score (nSPS) is 16.8. The minimum atomic E-state index is -0.885. The first-order chi connectivity index (χ1) is 11.6. The van der Waals surface area contributed by atoms with Gasteiger partial charge in [0, 0.05) is 16.8 Å². The molecule has 3 aromatic rings. The van der Waals surface area contributed by atoms with Crippen molar-refractivity contribution in [1.82, 2.24) is 4.98 Å². The van der Waals surface area contributed by atoms with E-state index in [0.29, 0.717) is 5.75 Å². The third kappa shape index (κ3) is 2.97. The summed E-state index contributed by atoms with van der Waals surface area (Å²) in [5.41, 5.74) is 7.46. The zero-order chi connectivity index (χ0) is 17.3. The van der Waals surface area contributed by atoms with Crippen molar-refractivity contribution in [3.05, 3.63) is 35.3 Å². The molecule has 0 fully saturated rings. The van der Waals surface area contributed by atoms with Crippen LogP contribution in [0.2, 0.25) is 0 Å². The molecule has 1 unspecified atom stereocenters. The van der Waals surface area contributed by atoms with Crippen molar-refractivity contribution < 1.29 is 9.90 Å². The summed E-state index contributed by atoms with van der Waals surface area (Å²) in [4.78, 5) is 19.9. The highest BCUT2D eigenvalue weighted by Gasteiger charge is 2.27. The van der Waals surface area contributed by atoms with Gasteiger partial charge in [0.2, 0.25) is 0 Å². The van der Waals surface area contributed by atoms with Crippen molar-refractivity contribution in [2.45, 2.75) is 19.9 Å². The van der Waals surface area contributed by atoms with Gasteiger partial charge in [0.15, 0.2) is 6.04 Å². The number of aliphatic imine (C=N–C) groups is 1. The number of nitrogens with zero attached hydrogens (tertiary/aromatic N) is 2. The van der Waals surface area contributed by atoms with Crippen LogP contribution in [0.5, 0.6) is 0 Å². The molecule has 24 heavy (non-hydrogen) atoms. The third-order valence-corrected chi connectivity index (χ3v) is 5.81. The summed E-state index contributed by atoms with van der Waals surface area (Å²) in [5.74, 6) is -0.415. The Bertz CT molecular complexity index is 950. The standard InChI is InChI=1S/C15H11N3O2S2.C2H6/c16-8-2-3-9-7(5-8)1-4-10-12(9)22-14(17-10)13-18-11(6-21-13)15(19)20;1-2/h1-5,11H,6,16H2,(H,19,20);1-2H3. The van der Waals surface area contributed by atoms with Crippen molar-refractivity contribution in [3.8, 4) is 0 Å². The number of carboxylic acids is 1. The van der Waals surface area contributed by atoms with E-state index in [1.54, 1.807) is 11.3 Å². The number of nitrogen functional groups attached to an aromatic ring is 1. The highest BCUT2D eigenvalue weighted by Crippen LogP contribution is 2.34. The molecule has 1 atom stereocenters. The number of anilines is 1. The number of aliphatic carboxylic acids is 1. The predicted octanol–water partition coefficient (Wildman–Crippen LogP) is 4.00. The number of hydrogen-bond donors (Lipinski definition) is 2. The molecule has 7 heteroatoms. The van der Waals surface area contributed by atoms with Gasteiger partial charge < -0.3 is 10.8 Å². The SMILES string of the molecule is CC.Nc1ccc2c(ccc3nc(C4=NC(C(=O)O)CS4)sc32)c1. The molecule has 5 nitrogen and oxygen atoms in total. The van der Waals surface area contributed by atoms with Gasteiger partial charge in [-0.3, -0.25) is 4.99 Å². The third-order valence-electron chi connectivity index (χ3n) is 3.51. The van der Waals surface area contributed by atoms with E-state index < -0.39 is 12.0 Å². The molecule has 0 saturated heterocycles. The Morgan fingerprint density at radius 1 is 1.29 bits per heavy atom. The molecule has 4 rings (SSSR count). The monoisotopic (exact) mass is 359 g/mol. The molecular formula is C17H17N3O2S2. The molecule has 0 bridgehead atoms. The van der Waals surface area contributed by atoms with Crippen LogP contribution in [0.15, 0.2) is 35.3 Å². The molecule has 3 N–H and O–H groups in total. The Balaban J connectivity index is 0.000000815. The zero-order valence-electron chi connectivity index (χ0n) is 13.3. The Labute approximate surface area is 147 Å². The number of carbonyl (C=O) groups is 1. The molecule has 0 saturated carbocycles. The summed E-state index contributed by atoms with van der Waals surface area (Å²) in [6.07, 6.45) is 0. The fourth-order valence-electron chi connectivity index (χ4n) is 2.44. The van der Waals surface area contributed by atoms with Gasteiger partial charge in [0.25, 0.3) is 0 Å². The van der Waals surface area contributed by atoms with Crippen molar-refractivity contribution in [2.75, 3.05) is 11.5 Å². The van der Waals surface area contributed by atoms with Gasteiger partial charge in [-0.15, -0.1) is 23.1 Å². The highest BCUT2D eigenvalue weighted by atomic mass is 32.2. The van der Waals surface area contributed by atoms with E-state index in [2.05, 4.69) is 9.98 Å². The van der Waals surface area contributed by atoms with Gasteiger partial charge in [-0.25, -0.2) is 9.78 Å². The summed E-state index contributed by atoms with van der Waals surface area (Å²) in [6.45, 7) is 4.00. The van der Waals surface area contributed by atoms with Gasteiger partial charge >= 0.3 is 5.97 Å². The summed E-state index contributed by atoms with van der Waals surface area (Å²) in [6, 6.07) is 9.12. The second kappa shape index (κ2) is 6.78. The second-order valence-electron chi connectivity index (χ2n) is 5.01. The zero-order valence-corrected chi connectivity index (χ0v) is 14.9. The largest absolute Gasteiger partial charge is 0.480 e. The maximum atomic E-state index is 11.0. The number of benzene rings is 2. The Morgan fingerprint density at radius 2 is 2.08 bits per heavy atom. The minimum Gasteiger partial charge on any atom is -0.480 e. The lowest BCUT2D eigenvalue weighted by atomic mass is 10.1. The number of aromatic nitrogens is 1. The summed E-state index contributed by atoms with van der Waals surface area (Å²) in [7, 11) is 0. The lowest BCUT2D eigenvalue weighted by molar-refractivity contribution is -0.137. The first-order valence-electron chi connectivity index (χ1n) is 7.64. The molecule has 0 amide bonds. The van der Waals surface area contributed by atoms with Crippen molar-refractivity contribution in [1.29, 1.82) is 0 Å².